The summed E-state index contributed by atoms with van der Waals surface area (Å²) in [5.74, 6) is 0. The van der Waals surface area contributed by atoms with Gasteiger partial charge in [0.2, 0.25) is 0 Å². The molecule has 8 aromatic carbocycles. The molecule has 0 heterocycles. The van der Waals surface area contributed by atoms with Gasteiger partial charge in [0.05, 0.1) is 0 Å². The summed E-state index contributed by atoms with van der Waals surface area (Å²) in [7, 11) is -1.41. The minimum Gasteiger partial charge on any atom is 2.00 e. The van der Waals surface area contributed by atoms with Crippen molar-refractivity contribution in [1.82, 2.24) is 0 Å². The molecule has 0 N–H and O–H groups in total. The molecule has 404 valence electrons. The molecule has 12 rings (SSSR count). The van der Waals surface area contributed by atoms with E-state index in [1.54, 1.807) is 0 Å². The molecular weight excluding hydrogens is 1340 g/mol. The molecule has 0 saturated heterocycles. The fourth-order valence-electron chi connectivity index (χ4n) is 9.02. The first-order chi connectivity index (χ1) is 37.0. The number of benzene rings is 8. The van der Waals surface area contributed by atoms with E-state index in [0.29, 0.717) is 0 Å². The Balaban J connectivity index is 0.000000226. The van der Waals surface area contributed by atoms with Crippen LogP contribution in [0.25, 0.3) is 43.1 Å². The second-order valence-electron chi connectivity index (χ2n) is 19.6. The van der Waals surface area contributed by atoms with Gasteiger partial charge >= 0.3 is 90.8 Å². The Labute approximate surface area is 534 Å². The van der Waals surface area contributed by atoms with Crippen molar-refractivity contribution in [1.29, 1.82) is 0 Å². The minimum atomic E-state index is -0.703. The van der Waals surface area contributed by atoms with Crippen molar-refractivity contribution in [2.24, 2.45) is 0 Å². The molecular formula is C68H62Br2Cu2Fe2P2S2+4. The van der Waals surface area contributed by atoms with Crippen LogP contribution in [-0.4, -0.2) is 9.49 Å². The van der Waals surface area contributed by atoms with Crippen molar-refractivity contribution in [3.8, 4) is 0 Å². The first-order valence-electron chi connectivity index (χ1n) is 25.0. The standard InChI is InChI=1S/2C29H26PS.2C5H5.2BrH.2Cu.2Fe/c2*1-29(2,3)31-28-20-10-19-27(28)30(25-17-8-13-21-11-4-6-15-23(21)25)26-18-9-14-22-12-5-7-16-24(22)26;2*1-2-4-5-3-1;;;;;;/h2*4-20H,1-3H3;2*1-5H;2*1H;;;;/q;;;;;;2*+1;2*+2/p-2. The van der Waals surface area contributed by atoms with Crippen LogP contribution in [0, 0.1) is 125 Å². The number of halogens is 2. The van der Waals surface area contributed by atoms with Crippen LogP contribution < -0.4 is 21.2 Å². The van der Waals surface area contributed by atoms with Gasteiger partial charge in [-0.15, -0.1) is 23.5 Å². The predicted molar refractivity (Wildman–Crippen MR) is 342 cm³/mol. The maximum absolute atomic E-state index is 4.00. The molecule has 20 radical (unpaired) electrons. The Kier molecular flexibility index (Phi) is 30.6. The van der Waals surface area contributed by atoms with Crippen LogP contribution in [0.1, 0.15) is 41.5 Å². The molecule has 0 bridgehead atoms. The molecule has 4 aliphatic carbocycles. The smallest absolute Gasteiger partial charge is 2.00 e. The van der Waals surface area contributed by atoms with Crippen LogP contribution >= 0.6 is 67.6 Å². The third-order valence-corrected chi connectivity index (χ3v) is 19.9. The van der Waals surface area contributed by atoms with Crippen molar-refractivity contribution in [3.05, 3.63) is 294 Å². The molecule has 4 fully saturated rings. The molecule has 0 nitrogen and oxygen atoms in total. The van der Waals surface area contributed by atoms with Crippen LogP contribution in [-0.2, 0) is 62.5 Å². The van der Waals surface area contributed by atoms with Gasteiger partial charge in [0.15, 0.2) is 0 Å². The van der Waals surface area contributed by atoms with E-state index in [0.717, 1.165) is 0 Å². The predicted octanol–water partition coefficient (Wildman–Crippen LogP) is 19.0. The van der Waals surface area contributed by atoms with Crippen LogP contribution in [0.5, 0.6) is 0 Å². The molecule has 0 amide bonds. The van der Waals surface area contributed by atoms with E-state index in [1.807, 2.05) is 87.7 Å². The van der Waals surface area contributed by atoms with Gasteiger partial charge in [0.1, 0.15) is 0 Å². The number of hydrogen-bond acceptors (Lipinski definition) is 2. The SMILES string of the molecule is CC(C)(C)S[C]1[CH][CH][CH][C]1P(c1cccc2ccccc12)c1cccc2ccccc12.CC(C)(C)S[C]1[CH][CH][CH][C]1P(c1cccc2ccccc12)c1cccc2ccccc12.[CH]1[CH][CH][CH][CH]1.[CH]1[CH][CH][CH][CH]1.[Cu][Br].[Cu][Br].[Fe+2].[Fe+2]. The summed E-state index contributed by atoms with van der Waals surface area (Å²) >= 11 is 17.0. The van der Waals surface area contributed by atoms with E-state index in [-0.39, 0.29) is 43.6 Å². The largest absolute Gasteiger partial charge is 2.00 e. The molecule has 78 heavy (non-hydrogen) atoms. The third kappa shape index (κ3) is 19.2. The van der Waals surface area contributed by atoms with Crippen LogP contribution in [0.2, 0.25) is 0 Å². The fourth-order valence-corrected chi connectivity index (χ4v) is 17.1. The van der Waals surface area contributed by atoms with Crippen molar-refractivity contribution in [2.75, 3.05) is 0 Å². The molecule has 10 heteroatoms. The summed E-state index contributed by atoms with van der Waals surface area (Å²) in [5, 5.41) is 19.2. The summed E-state index contributed by atoms with van der Waals surface area (Å²) in [4.78, 5) is 0. The van der Waals surface area contributed by atoms with Gasteiger partial charge < -0.3 is 0 Å². The Morgan fingerprint density at radius 1 is 0.295 bits per heavy atom. The van der Waals surface area contributed by atoms with Crippen molar-refractivity contribution >= 4 is 132 Å². The zero-order valence-electron chi connectivity index (χ0n) is 44.2. The van der Waals surface area contributed by atoms with E-state index >= 15 is 0 Å². The molecule has 0 aromatic heterocycles. The van der Waals surface area contributed by atoms with Gasteiger partial charge in [-0.1, -0.05) is 211 Å². The summed E-state index contributed by atoms with van der Waals surface area (Å²) in [6.07, 6.45) is 33.8. The molecule has 8 aromatic rings. The van der Waals surface area contributed by atoms with Crippen molar-refractivity contribution < 1.29 is 62.5 Å². The summed E-state index contributed by atoms with van der Waals surface area (Å²) < 4.78 is 0.337. The second kappa shape index (κ2) is 35.0. The molecule has 0 spiro atoms. The zero-order chi connectivity index (χ0) is 53.9. The quantitative estimate of drug-likeness (QED) is 0.110. The van der Waals surface area contributed by atoms with E-state index in [1.165, 1.54) is 86.1 Å². The Morgan fingerprint density at radius 2 is 0.513 bits per heavy atom. The maximum atomic E-state index is 4.00. The molecule has 0 aliphatic heterocycles. The van der Waals surface area contributed by atoms with E-state index < -0.39 is 15.8 Å². The fraction of sp³-hybridized carbons (Fsp3) is 0.118. The minimum absolute atomic E-state index is 0. The van der Waals surface area contributed by atoms with Crippen molar-refractivity contribution in [3.63, 3.8) is 0 Å². The number of rotatable bonds is 8. The zero-order valence-corrected chi connectivity index (χ0v) is 54.9. The average molecular weight is 1400 g/mol. The monoisotopic (exact) mass is 1400 g/mol. The van der Waals surface area contributed by atoms with Gasteiger partial charge in [0, 0.05) is 31.3 Å². The number of fused-ring (bicyclic) bond motifs is 4. The topological polar surface area (TPSA) is 0 Å². The molecule has 0 atom stereocenters. The first kappa shape index (κ1) is 68.2. The van der Waals surface area contributed by atoms with Crippen LogP contribution in [0.3, 0.4) is 0 Å². The average Bonchev–Trinajstić information content (AvgIpc) is 4.47. The van der Waals surface area contributed by atoms with Gasteiger partial charge in [0.25, 0.3) is 0 Å². The molecule has 4 saturated carbocycles. The first-order valence-corrected chi connectivity index (χ1v) is 34.0. The number of hydrogen-bond donors (Lipinski definition) is 0. The second-order valence-corrected chi connectivity index (χ2v) is 27.5. The van der Waals surface area contributed by atoms with Gasteiger partial charge in [-0.25, -0.2) is 0 Å². The summed E-state index contributed by atoms with van der Waals surface area (Å²) in [6, 6.07) is 62.4. The van der Waals surface area contributed by atoms with Gasteiger partial charge in [-0.05, 0) is 183 Å². The Bertz CT molecular complexity index is 2610. The molecule has 0 unspecified atom stereocenters. The number of thioether (sulfide) groups is 2. The van der Waals surface area contributed by atoms with Gasteiger partial charge in [-0.3, -0.25) is 0 Å². The van der Waals surface area contributed by atoms with E-state index in [4.69, 9.17) is 0 Å². The van der Waals surface area contributed by atoms with E-state index in [2.05, 4.69) is 307 Å². The summed E-state index contributed by atoms with van der Waals surface area (Å²) in [6.45, 7) is 13.8. The van der Waals surface area contributed by atoms with Crippen LogP contribution in [0.15, 0.2) is 170 Å². The Morgan fingerprint density at radius 3 is 0.744 bits per heavy atom. The normalized spacial score (nSPS) is 16.0. The van der Waals surface area contributed by atoms with Crippen molar-refractivity contribution in [2.45, 2.75) is 51.0 Å². The maximum Gasteiger partial charge on any atom is 2.00 e. The van der Waals surface area contributed by atoms with E-state index in [9.17, 15) is 0 Å². The summed E-state index contributed by atoms with van der Waals surface area (Å²) in [5.41, 5.74) is 2.92. The molecule has 4 aliphatic rings. The Hall–Kier alpha value is -0.602. The van der Waals surface area contributed by atoms with Gasteiger partial charge in [-0.2, -0.15) is 0 Å². The third-order valence-electron chi connectivity index (χ3n) is 12.0. The van der Waals surface area contributed by atoms with Crippen LogP contribution in [0.4, 0.5) is 0 Å².